The highest BCUT2D eigenvalue weighted by atomic mass is 31.2. The third-order valence-electron chi connectivity index (χ3n) is 2.06. The maximum atomic E-state index is 11.9. The topological polar surface area (TPSA) is 54.4 Å². The molecule has 3 nitrogen and oxygen atoms in total. The molecule has 0 aliphatic carbocycles. The van der Waals surface area contributed by atoms with Gasteiger partial charge in [-0.25, -0.2) is 4.79 Å². The second-order valence-corrected chi connectivity index (χ2v) is 6.87. The molecule has 0 saturated carbocycles. The second kappa shape index (κ2) is 5.23. The average Bonchev–Trinajstić information content (AvgIpc) is 2.02. The zero-order valence-corrected chi connectivity index (χ0v) is 9.30. The van der Waals surface area contributed by atoms with Crippen LogP contribution in [0.15, 0.2) is 11.6 Å². The van der Waals surface area contributed by atoms with E-state index < -0.39 is 13.1 Å². The highest BCUT2D eigenvalue weighted by molar-refractivity contribution is 7.64. The summed E-state index contributed by atoms with van der Waals surface area (Å²) < 4.78 is 11.9. The molecule has 0 heterocycles. The molecule has 0 fully saturated rings. The first-order valence-electron chi connectivity index (χ1n) is 4.40. The van der Waals surface area contributed by atoms with Crippen LogP contribution >= 0.6 is 7.14 Å². The second-order valence-electron chi connectivity index (χ2n) is 3.18. The van der Waals surface area contributed by atoms with Crippen LogP contribution < -0.4 is 0 Å². The van der Waals surface area contributed by atoms with E-state index in [4.69, 9.17) is 5.11 Å². The van der Waals surface area contributed by atoms with Crippen molar-refractivity contribution in [3.8, 4) is 0 Å². The molecule has 0 aromatic carbocycles. The van der Waals surface area contributed by atoms with Crippen LogP contribution in [0, 0.1) is 0 Å². The molecule has 0 unspecified atom stereocenters. The van der Waals surface area contributed by atoms with Crippen molar-refractivity contribution in [2.75, 3.05) is 18.5 Å². The van der Waals surface area contributed by atoms with E-state index >= 15 is 0 Å². The molecule has 0 bridgehead atoms. The monoisotopic (exact) mass is 204 g/mol. The van der Waals surface area contributed by atoms with E-state index in [1.807, 2.05) is 13.8 Å². The lowest BCUT2D eigenvalue weighted by molar-refractivity contribution is -0.131. The molecule has 13 heavy (non-hydrogen) atoms. The highest BCUT2D eigenvalue weighted by Gasteiger charge is 2.17. The summed E-state index contributed by atoms with van der Waals surface area (Å²) in [4.78, 5) is 10.3. The fourth-order valence-corrected chi connectivity index (χ4v) is 3.05. The third-order valence-corrected chi connectivity index (χ3v) is 5.44. The Morgan fingerprint density at radius 2 is 1.85 bits per heavy atom. The van der Waals surface area contributed by atoms with Crippen molar-refractivity contribution in [2.45, 2.75) is 20.8 Å². The maximum Gasteiger partial charge on any atom is 0.328 e. The summed E-state index contributed by atoms with van der Waals surface area (Å²) in [6.07, 6.45) is 2.87. The lowest BCUT2D eigenvalue weighted by atomic mass is 10.3. The lowest BCUT2D eigenvalue weighted by Gasteiger charge is -2.13. The largest absolute Gasteiger partial charge is 0.478 e. The Morgan fingerprint density at radius 1 is 1.38 bits per heavy atom. The Labute approximate surface area is 79.2 Å². The number of rotatable bonds is 5. The van der Waals surface area contributed by atoms with E-state index in [2.05, 4.69) is 0 Å². The van der Waals surface area contributed by atoms with E-state index in [9.17, 15) is 9.36 Å². The summed E-state index contributed by atoms with van der Waals surface area (Å²) in [7, 11) is -2.13. The molecule has 0 aliphatic rings. The zero-order chi connectivity index (χ0) is 10.5. The van der Waals surface area contributed by atoms with Crippen molar-refractivity contribution in [1.29, 1.82) is 0 Å². The molecule has 0 saturated heterocycles. The smallest absolute Gasteiger partial charge is 0.328 e. The van der Waals surface area contributed by atoms with Gasteiger partial charge in [0.15, 0.2) is 0 Å². The van der Waals surface area contributed by atoms with Crippen molar-refractivity contribution in [2.24, 2.45) is 0 Å². The fourth-order valence-electron chi connectivity index (χ4n) is 1.16. The predicted molar refractivity (Wildman–Crippen MR) is 54.9 cm³/mol. The minimum atomic E-state index is -2.13. The van der Waals surface area contributed by atoms with Crippen molar-refractivity contribution in [3.05, 3.63) is 11.6 Å². The summed E-state index contributed by atoms with van der Waals surface area (Å²) in [5, 5.41) is 8.46. The normalized spacial score (nSPS) is 13.0. The van der Waals surface area contributed by atoms with Crippen LogP contribution in [-0.2, 0) is 9.36 Å². The number of hydrogen-bond donors (Lipinski definition) is 1. The number of aliphatic carboxylic acids is 1. The molecule has 0 spiro atoms. The molecular weight excluding hydrogens is 187 g/mol. The van der Waals surface area contributed by atoms with E-state index in [1.165, 1.54) is 0 Å². The standard InChI is InChI=1S/C9H17O3P/c1-4-13(12,5-2)7-8(3)6-9(10)11/h6H,4-5,7H2,1-3H3,(H,10,11)/b8-6-. The van der Waals surface area contributed by atoms with Gasteiger partial charge in [0.25, 0.3) is 0 Å². The first-order valence-corrected chi connectivity index (χ1v) is 6.67. The van der Waals surface area contributed by atoms with Crippen LogP contribution in [0.5, 0.6) is 0 Å². The molecule has 0 aromatic heterocycles. The molecule has 0 radical (unpaired) electrons. The Balaban J connectivity index is 4.42. The Morgan fingerprint density at radius 3 is 2.15 bits per heavy atom. The number of carboxylic acid groups (broad SMARTS) is 1. The van der Waals surface area contributed by atoms with E-state index in [1.54, 1.807) is 6.92 Å². The zero-order valence-electron chi connectivity index (χ0n) is 8.41. The van der Waals surface area contributed by atoms with Gasteiger partial charge in [0.05, 0.1) is 7.14 Å². The van der Waals surface area contributed by atoms with Gasteiger partial charge in [0.2, 0.25) is 0 Å². The molecule has 0 aromatic rings. The molecule has 0 atom stereocenters. The van der Waals surface area contributed by atoms with Crippen molar-refractivity contribution < 1.29 is 14.5 Å². The van der Waals surface area contributed by atoms with Gasteiger partial charge in [-0.05, 0) is 19.2 Å². The lowest BCUT2D eigenvalue weighted by Crippen LogP contribution is -1.99. The first-order chi connectivity index (χ1) is 5.93. The van der Waals surface area contributed by atoms with Gasteiger partial charge < -0.3 is 9.67 Å². The Hall–Kier alpha value is -0.560. The van der Waals surface area contributed by atoms with E-state index in [-0.39, 0.29) is 0 Å². The van der Waals surface area contributed by atoms with Gasteiger partial charge in [-0.3, -0.25) is 0 Å². The van der Waals surface area contributed by atoms with Crippen molar-refractivity contribution in [1.82, 2.24) is 0 Å². The molecule has 0 amide bonds. The Kier molecular flexibility index (Phi) is 5.01. The number of carboxylic acids is 1. The average molecular weight is 204 g/mol. The summed E-state index contributed by atoms with van der Waals surface area (Å²) in [6, 6.07) is 0. The molecule has 4 heteroatoms. The Bertz CT molecular complexity index is 248. The summed E-state index contributed by atoms with van der Waals surface area (Å²) in [6.45, 7) is 5.49. The molecule has 0 aliphatic heterocycles. The van der Waals surface area contributed by atoms with E-state index in [0.717, 1.165) is 6.08 Å². The van der Waals surface area contributed by atoms with Crippen LogP contribution in [-0.4, -0.2) is 29.6 Å². The van der Waals surface area contributed by atoms with Crippen molar-refractivity contribution in [3.63, 3.8) is 0 Å². The minimum absolute atomic E-state index is 0.437. The number of carbonyl (C=O) groups is 1. The first kappa shape index (κ1) is 12.4. The molecule has 76 valence electrons. The van der Waals surface area contributed by atoms with Crippen LogP contribution in [0.4, 0.5) is 0 Å². The van der Waals surface area contributed by atoms with Gasteiger partial charge in [0, 0.05) is 12.2 Å². The van der Waals surface area contributed by atoms with E-state index in [0.29, 0.717) is 24.1 Å². The van der Waals surface area contributed by atoms with Gasteiger partial charge in [-0.1, -0.05) is 19.4 Å². The van der Waals surface area contributed by atoms with Crippen molar-refractivity contribution >= 4 is 13.1 Å². The number of hydrogen-bond acceptors (Lipinski definition) is 2. The summed E-state index contributed by atoms with van der Waals surface area (Å²) in [5.74, 6) is -0.962. The van der Waals surface area contributed by atoms with Crippen LogP contribution in [0.1, 0.15) is 20.8 Å². The highest BCUT2D eigenvalue weighted by Crippen LogP contribution is 2.45. The quantitative estimate of drug-likeness (QED) is 0.552. The SMILES string of the molecule is CCP(=O)(CC)C/C(C)=C\C(=O)O. The summed E-state index contributed by atoms with van der Waals surface area (Å²) in [5.41, 5.74) is 0.694. The van der Waals surface area contributed by atoms with Crippen LogP contribution in [0.3, 0.4) is 0 Å². The van der Waals surface area contributed by atoms with Gasteiger partial charge in [-0.2, -0.15) is 0 Å². The molecule has 0 rings (SSSR count). The van der Waals surface area contributed by atoms with Crippen LogP contribution in [0.25, 0.3) is 0 Å². The molecular formula is C9H17O3P. The fraction of sp³-hybridized carbons (Fsp3) is 0.667. The maximum absolute atomic E-state index is 11.9. The molecule has 1 N–H and O–H groups in total. The van der Waals surface area contributed by atoms with Crippen LogP contribution in [0.2, 0.25) is 0 Å². The van der Waals surface area contributed by atoms with Gasteiger partial charge in [0.1, 0.15) is 0 Å². The van der Waals surface area contributed by atoms with Gasteiger partial charge in [-0.15, -0.1) is 0 Å². The third kappa shape index (κ3) is 4.89. The minimum Gasteiger partial charge on any atom is -0.478 e. The summed E-state index contributed by atoms with van der Waals surface area (Å²) >= 11 is 0. The number of allylic oxidation sites excluding steroid dienone is 1. The van der Waals surface area contributed by atoms with Gasteiger partial charge >= 0.3 is 5.97 Å². The predicted octanol–water partition coefficient (Wildman–Crippen LogP) is 2.42.